The maximum atomic E-state index is 2.46. The predicted octanol–water partition coefficient (Wildman–Crippen LogP) is 12.7. The van der Waals surface area contributed by atoms with Crippen LogP contribution < -0.4 is 0 Å². The van der Waals surface area contributed by atoms with Gasteiger partial charge in [-0.3, -0.25) is 0 Å². The Morgan fingerprint density at radius 2 is 0.870 bits per heavy atom. The standard InChI is InChI=1S/C44H29NS/c1-4-11-30(12-5-1)33-17-10-18-34(23-33)35-19-20-42-40(27-35)41-29-44-36(21-22-46-44)28-43(41)45(42)39-25-37(31-13-6-2-7-14-31)24-38(26-39)32-15-8-3-9-16-32/h1-29H. The van der Waals surface area contributed by atoms with Crippen LogP contribution in [0.1, 0.15) is 0 Å². The molecule has 0 unspecified atom stereocenters. The topological polar surface area (TPSA) is 4.93 Å². The number of hydrogen-bond donors (Lipinski definition) is 0. The molecule has 1 nitrogen and oxygen atoms in total. The largest absolute Gasteiger partial charge is 0.309 e. The molecular formula is C44H29NS. The van der Waals surface area contributed by atoms with E-state index in [4.69, 9.17) is 0 Å². The third-order valence-corrected chi connectivity index (χ3v) is 9.91. The number of hydrogen-bond acceptors (Lipinski definition) is 1. The van der Waals surface area contributed by atoms with Crippen molar-refractivity contribution in [3.8, 4) is 50.2 Å². The lowest BCUT2D eigenvalue weighted by Gasteiger charge is -2.14. The first-order valence-electron chi connectivity index (χ1n) is 15.7. The van der Waals surface area contributed by atoms with E-state index in [1.807, 2.05) is 0 Å². The average molecular weight is 604 g/mol. The zero-order chi connectivity index (χ0) is 30.5. The summed E-state index contributed by atoms with van der Waals surface area (Å²) in [5, 5.41) is 6.01. The number of aromatic nitrogens is 1. The van der Waals surface area contributed by atoms with Gasteiger partial charge in [-0.2, -0.15) is 0 Å². The highest BCUT2D eigenvalue weighted by molar-refractivity contribution is 7.17. The van der Waals surface area contributed by atoms with E-state index in [-0.39, 0.29) is 0 Å². The lowest BCUT2D eigenvalue weighted by atomic mass is 9.97. The number of nitrogens with zero attached hydrogens (tertiary/aromatic N) is 1. The van der Waals surface area contributed by atoms with E-state index in [0.717, 1.165) is 5.69 Å². The van der Waals surface area contributed by atoms with Crippen LogP contribution in [0.2, 0.25) is 0 Å². The molecule has 216 valence electrons. The van der Waals surface area contributed by atoms with Gasteiger partial charge in [0.25, 0.3) is 0 Å². The van der Waals surface area contributed by atoms with E-state index in [9.17, 15) is 0 Å². The van der Waals surface area contributed by atoms with Gasteiger partial charge in [-0.25, -0.2) is 0 Å². The van der Waals surface area contributed by atoms with Crippen LogP contribution in [0.25, 0.3) is 82.1 Å². The van der Waals surface area contributed by atoms with Crippen LogP contribution in [0.3, 0.4) is 0 Å². The van der Waals surface area contributed by atoms with Gasteiger partial charge in [-0.1, -0.05) is 115 Å². The second-order valence-corrected chi connectivity index (χ2v) is 12.8. The summed E-state index contributed by atoms with van der Waals surface area (Å²) in [5.41, 5.74) is 13.3. The molecule has 0 bridgehead atoms. The minimum atomic E-state index is 1.16. The number of fused-ring (bicyclic) bond motifs is 4. The fourth-order valence-electron chi connectivity index (χ4n) is 6.78. The highest BCUT2D eigenvalue weighted by atomic mass is 32.1. The molecule has 0 spiro atoms. The highest BCUT2D eigenvalue weighted by Gasteiger charge is 2.17. The smallest absolute Gasteiger partial charge is 0.0548 e. The number of rotatable bonds is 5. The van der Waals surface area contributed by atoms with Gasteiger partial charge in [-0.15, -0.1) is 11.3 Å². The molecule has 2 heteroatoms. The highest BCUT2D eigenvalue weighted by Crippen LogP contribution is 2.40. The van der Waals surface area contributed by atoms with Crippen LogP contribution in [-0.2, 0) is 0 Å². The third-order valence-electron chi connectivity index (χ3n) is 9.03. The van der Waals surface area contributed by atoms with Crippen LogP contribution in [-0.4, -0.2) is 4.57 Å². The fourth-order valence-corrected chi connectivity index (χ4v) is 7.59. The molecule has 0 radical (unpaired) electrons. The molecule has 0 atom stereocenters. The first-order valence-corrected chi connectivity index (χ1v) is 16.5. The van der Waals surface area contributed by atoms with Crippen molar-refractivity contribution >= 4 is 43.2 Å². The second kappa shape index (κ2) is 11.0. The fraction of sp³-hybridized carbons (Fsp3) is 0. The Labute approximate surface area is 272 Å². The van der Waals surface area contributed by atoms with Gasteiger partial charge in [0.05, 0.1) is 11.0 Å². The lowest BCUT2D eigenvalue weighted by molar-refractivity contribution is 1.18. The monoisotopic (exact) mass is 603 g/mol. The molecule has 9 rings (SSSR count). The zero-order valence-corrected chi connectivity index (χ0v) is 25.9. The molecule has 0 amide bonds. The Kier molecular flexibility index (Phi) is 6.40. The summed E-state index contributed by atoms with van der Waals surface area (Å²) in [4.78, 5) is 0. The van der Waals surface area contributed by atoms with Gasteiger partial charge in [-0.05, 0) is 110 Å². The van der Waals surface area contributed by atoms with Gasteiger partial charge >= 0.3 is 0 Å². The molecule has 0 aliphatic carbocycles. The summed E-state index contributed by atoms with van der Waals surface area (Å²) in [7, 11) is 0. The van der Waals surface area contributed by atoms with Gasteiger partial charge < -0.3 is 4.57 Å². The van der Waals surface area contributed by atoms with E-state index >= 15 is 0 Å². The van der Waals surface area contributed by atoms with Crippen LogP contribution >= 0.6 is 11.3 Å². The molecule has 0 N–H and O–H groups in total. The molecule has 7 aromatic carbocycles. The van der Waals surface area contributed by atoms with Crippen molar-refractivity contribution in [3.63, 3.8) is 0 Å². The summed E-state index contributed by atoms with van der Waals surface area (Å²) in [5.74, 6) is 0. The molecule has 2 heterocycles. The molecule has 0 aliphatic rings. The minimum absolute atomic E-state index is 1.16. The van der Waals surface area contributed by atoms with E-state index in [1.165, 1.54) is 76.4 Å². The van der Waals surface area contributed by atoms with Crippen molar-refractivity contribution < 1.29 is 0 Å². The Hall–Kier alpha value is -5.70. The Bertz CT molecular complexity index is 2450. The lowest BCUT2D eigenvalue weighted by Crippen LogP contribution is -1.96. The van der Waals surface area contributed by atoms with Crippen LogP contribution in [0, 0.1) is 0 Å². The second-order valence-electron chi connectivity index (χ2n) is 11.8. The van der Waals surface area contributed by atoms with Crippen molar-refractivity contribution in [1.29, 1.82) is 0 Å². The molecule has 0 aliphatic heterocycles. The van der Waals surface area contributed by atoms with Crippen molar-refractivity contribution in [1.82, 2.24) is 4.57 Å². The minimum Gasteiger partial charge on any atom is -0.309 e. The third kappa shape index (κ3) is 4.63. The zero-order valence-electron chi connectivity index (χ0n) is 25.1. The number of thiophene rings is 1. The Morgan fingerprint density at radius 3 is 1.52 bits per heavy atom. The Morgan fingerprint density at radius 1 is 0.348 bits per heavy atom. The Balaban J connectivity index is 1.30. The van der Waals surface area contributed by atoms with Crippen LogP contribution in [0.4, 0.5) is 0 Å². The van der Waals surface area contributed by atoms with Crippen molar-refractivity contribution in [2.24, 2.45) is 0 Å². The molecule has 2 aromatic heterocycles. The van der Waals surface area contributed by atoms with Crippen molar-refractivity contribution in [2.75, 3.05) is 0 Å². The SMILES string of the molecule is c1ccc(-c2cccc(-c3ccc4c(c3)c3cc5sccc5cc3n4-c3cc(-c4ccccc4)cc(-c4ccccc4)c3)c2)cc1. The summed E-state index contributed by atoms with van der Waals surface area (Å²) >= 11 is 1.81. The summed E-state index contributed by atoms with van der Waals surface area (Å²) < 4.78 is 3.77. The summed E-state index contributed by atoms with van der Waals surface area (Å²) in [6.45, 7) is 0. The van der Waals surface area contributed by atoms with Gasteiger partial charge in [0.15, 0.2) is 0 Å². The van der Waals surface area contributed by atoms with E-state index in [2.05, 4.69) is 180 Å². The molecule has 46 heavy (non-hydrogen) atoms. The van der Waals surface area contributed by atoms with E-state index in [0.29, 0.717) is 0 Å². The quantitative estimate of drug-likeness (QED) is 0.184. The van der Waals surface area contributed by atoms with Crippen molar-refractivity contribution in [3.05, 3.63) is 175 Å². The van der Waals surface area contributed by atoms with E-state index in [1.54, 1.807) is 11.3 Å². The molecule has 0 saturated carbocycles. The van der Waals surface area contributed by atoms with Gasteiger partial charge in [0.1, 0.15) is 0 Å². The number of benzene rings is 7. The van der Waals surface area contributed by atoms with Crippen LogP contribution in [0.15, 0.2) is 175 Å². The normalized spacial score (nSPS) is 11.5. The molecule has 0 saturated heterocycles. The van der Waals surface area contributed by atoms with Crippen molar-refractivity contribution in [2.45, 2.75) is 0 Å². The first-order chi connectivity index (χ1) is 22.8. The maximum Gasteiger partial charge on any atom is 0.0548 e. The molecule has 9 aromatic rings. The van der Waals surface area contributed by atoms with Gasteiger partial charge in [0, 0.05) is 21.2 Å². The molecule has 0 fully saturated rings. The summed E-state index contributed by atoms with van der Waals surface area (Å²) in [6.07, 6.45) is 0. The maximum absolute atomic E-state index is 2.46. The average Bonchev–Trinajstić information content (AvgIpc) is 3.73. The molecular weight excluding hydrogens is 575 g/mol. The summed E-state index contributed by atoms with van der Waals surface area (Å²) in [6, 6.07) is 61.9. The first kappa shape index (κ1) is 26.7. The van der Waals surface area contributed by atoms with E-state index < -0.39 is 0 Å². The van der Waals surface area contributed by atoms with Crippen LogP contribution in [0.5, 0.6) is 0 Å². The van der Waals surface area contributed by atoms with Gasteiger partial charge in [0.2, 0.25) is 0 Å². The predicted molar refractivity (Wildman–Crippen MR) is 198 cm³/mol.